The van der Waals surface area contributed by atoms with Gasteiger partial charge in [0.05, 0.1) is 13.7 Å². The Bertz CT molecular complexity index is 441. The maximum atomic E-state index is 12.1. The second-order valence-electron chi connectivity index (χ2n) is 5.28. The molecule has 1 N–H and O–H groups in total. The molecule has 1 aliphatic rings. The van der Waals surface area contributed by atoms with Crippen LogP contribution in [0.1, 0.15) is 42.9 Å². The molecule has 0 spiro atoms. The van der Waals surface area contributed by atoms with Gasteiger partial charge in [-0.05, 0) is 24.0 Å². The zero-order valence-corrected chi connectivity index (χ0v) is 12.2. The summed E-state index contributed by atoms with van der Waals surface area (Å²) in [6.07, 6.45) is 4.72. The predicted octanol–water partition coefficient (Wildman–Crippen LogP) is 2.58. The van der Waals surface area contributed by atoms with Gasteiger partial charge in [-0.15, -0.1) is 0 Å². The van der Waals surface area contributed by atoms with Crippen molar-refractivity contribution in [2.24, 2.45) is 0 Å². The Balaban J connectivity index is 2.16. The van der Waals surface area contributed by atoms with E-state index in [4.69, 9.17) is 9.47 Å². The fourth-order valence-electron chi connectivity index (χ4n) is 2.78. The number of rotatable bonds is 6. The first kappa shape index (κ1) is 15.0. The lowest BCUT2D eigenvalue weighted by Crippen LogP contribution is -2.36. The molecule has 0 saturated heterocycles. The molecule has 0 heterocycles. The van der Waals surface area contributed by atoms with E-state index < -0.39 is 0 Å². The minimum atomic E-state index is -0.389. The van der Waals surface area contributed by atoms with Gasteiger partial charge in [0.1, 0.15) is 6.04 Å². The molecular weight excluding hydrogens is 254 g/mol. The van der Waals surface area contributed by atoms with E-state index in [2.05, 4.69) is 5.32 Å². The maximum absolute atomic E-state index is 12.1. The van der Waals surface area contributed by atoms with Gasteiger partial charge in [-0.3, -0.25) is 5.32 Å². The summed E-state index contributed by atoms with van der Waals surface area (Å²) in [4.78, 5) is 12.1. The largest absolute Gasteiger partial charge is 0.468 e. The van der Waals surface area contributed by atoms with Crippen LogP contribution in [-0.4, -0.2) is 26.2 Å². The summed E-state index contributed by atoms with van der Waals surface area (Å²) in [5.74, 6) is -0.230. The van der Waals surface area contributed by atoms with Crippen LogP contribution in [0.3, 0.4) is 0 Å². The van der Waals surface area contributed by atoms with E-state index in [1.54, 1.807) is 7.11 Å². The summed E-state index contributed by atoms with van der Waals surface area (Å²) >= 11 is 0. The van der Waals surface area contributed by atoms with Gasteiger partial charge >= 0.3 is 5.97 Å². The zero-order chi connectivity index (χ0) is 14.4. The number of benzene rings is 1. The van der Waals surface area contributed by atoms with Crippen molar-refractivity contribution >= 4 is 5.97 Å². The average Bonchev–Trinajstić information content (AvgIpc) is 2.98. The summed E-state index contributed by atoms with van der Waals surface area (Å²) in [6.45, 7) is 0.547. The highest BCUT2D eigenvalue weighted by atomic mass is 16.5. The molecule has 0 amide bonds. The van der Waals surface area contributed by atoms with Gasteiger partial charge in [0, 0.05) is 13.2 Å². The number of esters is 1. The SMILES string of the molecule is COCc1cccc(C(NC2CCCC2)C(=O)OC)c1. The highest BCUT2D eigenvalue weighted by molar-refractivity contribution is 5.77. The Morgan fingerprint density at radius 2 is 2.10 bits per heavy atom. The average molecular weight is 277 g/mol. The van der Waals surface area contributed by atoms with Crippen molar-refractivity contribution in [3.05, 3.63) is 35.4 Å². The van der Waals surface area contributed by atoms with Crippen LogP contribution >= 0.6 is 0 Å². The first-order valence-electron chi connectivity index (χ1n) is 7.16. The van der Waals surface area contributed by atoms with Gasteiger partial charge in [0.25, 0.3) is 0 Å². The van der Waals surface area contributed by atoms with E-state index in [0.29, 0.717) is 12.6 Å². The van der Waals surface area contributed by atoms with E-state index >= 15 is 0 Å². The highest BCUT2D eigenvalue weighted by Gasteiger charge is 2.26. The standard InChI is InChI=1S/C16H23NO3/c1-19-11-12-6-5-7-13(10-12)15(16(18)20-2)17-14-8-3-4-9-14/h5-7,10,14-15,17H,3-4,8-9,11H2,1-2H3. The lowest BCUT2D eigenvalue weighted by molar-refractivity contribution is -0.143. The van der Waals surface area contributed by atoms with E-state index in [-0.39, 0.29) is 12.0 Å². The number of carbonyl (C=O) groups excluding carboxylic acids is 1. The van der Waals surface area contributed by atoms with Gasteiger partial charge in [-0.25, -0.2) is 4.79 Å². The Morgan fingerprint density at radius 3 is 2.75 bits per heavy atom. The van der Waals surface area contributed by atoms with Gasteiger partial charge < -0.3 is 9.47 Å². The van der Waals surface area contributed by atoms with Crippen molar-refractivity contribution in [3.8, 4) is 0 Å². The van der Waals surface area contributed by atoms with Crippen LogP contribution in [0.2, 0.25) is 0 Å². The number of hydrogen-bond acceptors (Lipinski definition) is 4. The topological polar surface area (TPSA) is 47.6 Å². The van der Waals surface area contributed by atoms with Crippen LogP contribution in [0, 0.1) is 0 Å². The number of methoxy groups -OCH3 is 2. The summed E-state index contributed by atoms with van der Waals surface area (Å²) < 4.78 is 10.1. The van der Waals surface area contributed by atoms with E-state index in [9.17, 15) is 4.79 Å². The fraction of sp³-hybridized carbons (Fsp3) is 0.562. The van der Waals surface area contributed by atoms with Gasteiger partial charge in [0.2, 0.25) is 0 Å². The summed E-state index contributed by atoms with van der Waals surface area (Å²) in [5.41, 5.74) is 2.01. The monoisotopic (exact) mass is 277 g/mol. The van der Waals surface area contributed by atoms with Crippen molar-refractivity contribution in [3.63, 3.8) is 0 Å². The second-order valence-corrected chi connectivity index (χ2v) is 5.28. The van der Waals surface area contributed by atoms with Gasteiger partial charge in [-0.2, -0.15) is 0 Å². The zero-order valence-electron chi connectivity index (χ0n) is 12.2. The Morgan fingerprint density at radius 1 is 1.35 bits per heavy atom. The second kappa shape index (κ2) is 7.41. The first-order chi connectivity index (χ1) is 9.74. The number of ether oxygens (including phenoxy) is 2. The molecule has 1 aromatic rings. The van der Waals surface area contributed by atoms with Crippen LogP contribution in [0.25, 0.3) is 0 Å². The van der Waals surface area contributed by atoms with Crippen molar-refractivity contribution < 1.29 is 14.3 Å². The molecule has 110 valence electrons. The Kier molecular flexibility index (Phi) is 5.56. The normalized spacial score (nSPS) is 17.1. The van der Waals surface area contributed by atoms with E-state index in [1.165, 1.54) is 20.0 Å². The Hall–Kier alpha value is -1.39. The molecule has 0 radical (unpaired) electrons. The number of carbonyl (C=O) groups is 1. The summed E-state index contributed by atoms with van der Waals surface area (Å²) in [5, 5.41) is 3.44. The van der Waals surface area contributed by atoms with Crippen molar-refractivity contribution in [1.82, 2.24) is 5.32 Å². The third-order valence-electron chi connectivity index (χ3n) is 3.79. The van der Waals surface area contributed by atoms with Crippen LogP contribution in [0.15, 0.2) is 24.3 Å². The molecule has 2 rings (SSSR count). The summed E-state index contributed by atoms with van der Waals surface area (Å²) in [6, 6.07) is 7.94. The smallest absolute Gasteiger partial charge is 0.327 e. The van der Waals surface area contributed by atoms with Crippen LogP contribution in [0.5, 0.6) is 0 Å². The van der Waals surface area contributed by atoms with Crippen molar-refractivity contribution in [2.75, 3.05) is 14.2 Å². The molecule has 1 saturated carbocycles. The molecule has 0 aromatic heterocycles. The summed E-state index contributed by atoms with van der Waals surface area (Å²) in [7, 11) is 3.10. The molecular formula is C16H23NO3. The third-order valence-corrected chi connectivity index (χ3v) is 3.79. The van der Waals surface area contributed by atoms with Crippen molar-refractivity contribution in [2.45, 2.75) is 44.4 Å². The molecule has 4 nitrogen and oxygen atoms in total. The van der Waals surface area contributed by atoms with E-state index in [0.717, 1.165) is 24.0 Å². The molecule has 0 aliphatic heterocycles. The number of nitrogens with one attached hydrogen (secondary N) is 1. The maximum Gasteiger partial charge on any atom is 0.327 e. The molecule has 1 aromatic carbocycles. The molecule has 1 fully saturated rings. The lowest BCUT2D eigenvalue weighted by Gasteiger charge is -2.21. The van der Waals surface area contributed by atoms with Crippen molar-refractivity contribution in [1.29, 1.82) is 0 Å². The first-order valence-corrected chi connectivity index (χ1v) is 7.16. The molecule has 0 bridgehead atoms. The molecule has 20 heavy (non-hydrogen) atoms. The minimum Gasteiger partial charge on any atom is -0.468 e. The lowest BCUT2D eigenvalue weighted by atomic mass is 10.0. The van der Waals surface area contributed by atoms with Gasteiger partial charge in [0.15, 0.2) is 0 Å². The molecule has 1 aliphatic carbocycles. The van der Waals surface area contributed by atoms with Crippen LogP contribution < -0.4 is 5.32 Å². The Labute approximate surface area is 120 Å². The van der Waals surface area contributed by atoms with Crippen LogP contribution in [-0.2, 0) is 20.9 Å². The quantitative estimate of drug-likeness (QED) is 0.812. The fourth-order valence-corrected chi connectivity index (χ4v) is 2.78. The molecule has 4 heteroatoms. The number of hydrogen-bond donors (Lipinski definition) is 1. The third kappa shape index (κ3) is 3.81. The highest BCUT2D eigenvalue weighted by Crippen LogP contribution is 2.23. The van der Waals surface area contributed by atoms with E-state index in [1.807, 2.05) is 24.3 Å². The molecule has 1 atom stereocenters. The molecule has 1 unspecified atom stereocenters. The van der Waals surface area contributed by atoms with Crippen LogP contribution in [0.4, 0.5) is 0 Å². The van der Waals surface area contributed by atoms with Gasteiger partial charge in [-0.1, -0.05) is 37.1 Å². The predicted molar refractivity (Wildman–Crippen MR) is 77.3 cm³/mol. The minimum absolute atomic E-state index is 0.230.